The summed E-state index contributed by atoms with van der Waals surface area (Å²) in [5, 5.41) is 2.55. The minimum Gasteiger partial charge on any atom is -0.302 e. The molecule has 94 valence electrons. The fraction of sp³-hybridized carbons (Fsp3) is 0.364. The first-order valence-corrected chi connectivity index (χ1v) is 5.28. The average Bonchev–Trinajstić information content (AvgIpc) is 2.15. The van der Waals surface area contributed by atoms with E-state index < -0.39 is 12.7 Å². The summed E-state index contributed by atoms with van der Waals surface area (Å²) in [6.07, 6.45) is -4.22. The van der Waals surface area contributed by atoms with Crippen LogP contribution in [0.5, 0.6) is 0 Å². The zero-order valence-corrected chi connectivity index (χ0v) is 9.61. The maximum Gasteiger partial charge on any atom is 0.401 e. The summed E-state index contributed by atoms with van der Waals surface area (Å²) >= 11 is 5.72. The molecule has 0 saturated heterocycles. The number of carbonyl (C=O) groups is 1. The summed E-state index contributed by atoms with van der Waals surface area (Å²) in [5.41, 5.74) is 0.691. The molecule has 1 aromatic rings. The standard InChI is InChI=1S/C11H11ClF3NO/c12-9-3-1-2-8(4-9)5-10(17)6-16-7-11(13,14)15/h1-4,16H,5-7H2. The Morgan fingerprint density at radius 1 is 1.35 bits per heavy atom. The smallest absolute Gasteiger partial charge is 0.302 e. The highest BCUT2D eigenvalue weighted by atomic mass is 35.5. The molecule has 0 aliphatic heterocycles. The van der Waals surface area contributed by atoms with Crippen LogP contribution in [0.15, 0.2) is 24.3 Å². The monoisotopic (exact) mass is 265 g/mol. The first kappa shape index (κ1) is 14.0. The lowest BCUT2D eigenvalue weighted by molar-refractivity contribution is -0.127. The SMILES string of the molecule is O=C(CNCC(F)(F)F)Cc1cccc(Cl)c1. The van der Waals surface area contributed by atoms with E-state index in [0.717, 1.165) is 0 Å². The summed E-state index contributed by atoms with van der Waals surface area (Å²) in [6.45, 7) is -1.46. The lowest BCUT2D eigenvalue weighted by Gasteiger charge is -2.07. The van der Waals surface area contributed by atoms with Gasteiger partial charge in [-0.25, -0.2) is 0 Å². The van der Waals surface area contributed by atoms with E-state index in [2.05, 4.69) is 5.32 Å². The van der Waals surface area contributed by atoms with Gasteiger partial charge in [-0.05, 0) is 17.7 Å². The molecule has 0 spiro atoms. The van der Waals surface area contributed by atoms with Crippen molar-refractivity contribution in [3.8, 4) is 0 Å². The van der Waals surface area contributed by atoms with Crippen molar-refractivity contribution in [3.05, 3.63) is 34.9 Å². The van der Waals surface area contributed by atoms with Gasteiger partial charge in [0.2, 0.25) is 0 Å². The molecule has 0 aliphatic rings. The van der Waals surface area contributed by atoms with Crippen LogP contribution in [0.1, 0.15) is 5.56 Å². The Hall–Kier alpha value is -1.07. The lowest BCUT2D eigenvalue weighted by atomic mass is 10.1. The number of halogens is 4. The van der Waals surface area contributed by atoms with Gasteiger partial charge in [-0.1, -0.05) is 23.7 Å². The molecule has 0 saturated carbocycles. The van der Waals surface area contributed by atoms with Crippen molar-refractivity contribution in [1.29, 1.82) is 0 Å². The highest BCUT2D eigenvalue weighted by Crippen LogP contribution is 2.13. The number of alkyl halides is 3. The predicted molar refractivity (Wildman–Crippen MR) is 59.1 cm³/mol. The van der Waals surface area contributed by atoms with Gasteiger partial charge in [0.25, 0.3) is 0 Å². The van der Waals surface area contributed by atoms with Gasteiger partial charge < -0.3 is 5.32 Å². The van der Waals surface area contributed by atoms with Crippen molar-refractivity contribution < 1.29 is 18.0 Å². The van der Waals surface area contributed by atoms with Crippen LogP contribution in [0.3, 0.4) is 0 Å². The van der Waals surface area contributed by atoms with Crippen molar-refractivity contribution in [1.82, 2.24) is 5.32 Å². The molecule has 0 fully saturated rings. The van der Waals surface area contributed by atoms with E-state index in [1.54, 1.807) is 24.3 Å². The number of rotatable bonds is 5. The molecule has 1 N–H and O–H groups in total. The number of hydrogen-bond donors (Lipinski definition) is 1. The Labute approximate surface area is 102 Å². The molecular weight excluding hydrogens is 255 g/mol. The van der Waals surface area contributed by atoms with Crippen LogP contribution >= 0.6 is 11.6 Å². The summed E-state index contributed by atoms with van der Waals surface area (Å²) in [7, 11) is 0. The van der Waals surface area contributed by atoms with Crippen molar-refractivity contribution in [2.45, 2.75) is 12.6 Å². The molecular formula is C11H11ClF3NO. The second-order valence-corrected chi connectivity index (χ2v) is 4.00. The Kier molecular flexibility index (Phi) is 4.96. The number of carbonyl (C=O) groups excluding carboxylic acids is 1. The van der Waals surface area contributed by atoms with E-state index in [-0.39, 0.29) is 18.7 Å². The zero-order valence-electron chi connectivity index (χ0n) is 8.85. The van der Waals surface area contributed by atoms with Gasteiger partial charge in [-0.15, -0.1) is 0 Å². The van der Waals surface area contributed by atoms with Crippen LogP contribution in [-0.2, 0) is 11.2 Å². The third-order valence-corrected chi connectivity index (χ3v) is 2.17. The molecule has 0 heterocycles. The van der Waals surface area contributed by atoms with Gasteiger partial charge in [-0.3, -0.25) is 4.79 Å². The molecule has 0 aromatic heterocycles. The molecule has 0 amide bonds. The first-order chi connectivity index (χ1) is 7.87. The van der Waals surface area contributed by atoms with Crippen molar-refractivity contribution in [2.75, 3.05) is 13.1 Å². The Bertz CT molecular complexity index is 393. The average molecular weight is 266 g/mol. The Balaban J connectivity index is 2.35. The molecule has 0 aliphatic carbocycles. The van der Waals surface area contributed by atoms with Gasteiger partial charge >= 0.3 is 6.18 Å². The summed E-state index contributed by atoms with van der Waals surface area (Å²) < 4.78 is 35.4. The van der Waals surface area contributed by atoms with Crippen LogP contribution < -0.4 is 5.32 Å². The van der Waals surface area contributed by atoms with Crippen LogP contribution in [0.2, 0.25) is 5.02 Å². The molecule has 2 nitrogen and oxygen atoms in total. The van der Waals surface area contributed by atoms with E-state index in [1.165, 1.54) is 0 Å². The minimum absolute atomic E-state index is 0.0748. The van der Waals surface area contributed by atoms with E-state index in [9.17, 15) is 18.0 Å². The minimum atomic E-state index is -4.30. The van der Waals surface area contributed by atoms with Crippen LogP contribution in [-0.4, -0.2) is 25.0 Å². The number of ketones is 1. The molecule has 0 radical (unpaired) electrons. The highest BCUT2D eigenvalue weighted by Gasteiger charge is 2.26. The van der Waals surface area contributed by atoms with Gasteiger partial charge in [-0.2, -0.15) is 13.2 Å². The Morgan fingerprint density at radius 3 is 2.65 bits per heavy atom. The van der Waals surface area contributed by atoms with Gasteiger partial charge in [0.1, 0.15) is 0 Å². The third kappa shape index (κ3) is 6.28. The molecule has 6 heteroatoms. The first-order valence-electron chi connectivity index (χ1n) is 4.90. The number of hydrogen-bond acceptors (Lipinski definition) is 2. The third-order valence-electron chi connectivity index (χ3n) is 1.94. The fourth-order valence-corrected chi connectivity index (χ4v) is 1.49. The Morgan fingerprint density at radius 2 is 2.06 bits per heavy atom. The topological polar surface area (TPSA) is 29.1 Å². The largest absolute Gasteiger partial charge is 0.401 e. The van der Waals surface area contributed by atoms with Gasteiger partial charge in [0.15, 0.2) is 5.78 Å². The fourth-order valence-electron chi connectivity index (χ4n) is 1.28. The molecule has 0 atom stereocenters. The molecule has 1 aromatic carbocycles. The molecule has 0 bridgehead atoms. The van der Waals surface area contributed by atoms with Crippen LogP contribution in [0, 0.1) is 0 Å². The normalized spacial score (nSPS) is 11.5. The maximum atomic E-state index is 11.8. The van der Waals surface area contributed by atoms with E-state index in [4.69, 9.17) is 11.6 Å². The van der Waals surface area contributed by atoms with Crippen molar-refractivity contribution >= 4 is 17.4 Å². The van der Waals surface area contributed by atoms with E-state index in [0.29, 0.717) is 10.6 Å². The van der Waals surface area contributed by atoms with Crippen LogP contribution in [0.25, 0.3) is 0 Å². The summed E-state index contributed by atoms with van der Waals surface area (Å²) in [6, 6.07) is 6.67. The number of Topliss-reactive ketones (excluding diaryl/α,β-unsaturated/α-hetero) is 1. The van der Waals surface area contributed by atoms with Crippen molar-refractivity contribution in [2.24, 2.45) is 0 Å². The molecule has 17 heavy (non-hydrogen) atoms. The summed E-state index contributed by atoms with van der Waals surface area (Å²) in [5.74, 6) is -0.309. The molecule has 0 unspecified atom stereocenters. The zero-order chi connectivity index (χ0) is 12.9. The second-order valence-electron chi connectivity index (χ2n) is 3.56. The van der Waals surface area contributed by atoms with Crippen LogP contribution in [0.4, 0.5) is 13.2 Å². The lowest BCUT2D eigenvalue weighted by Crippen LogP contribution is -2.33. The predicted octanol–water partition coefficient (Wildman–Crippen LogP) is 2.60. The van der Waals surface area contributed by atoms with Gasteiger partial charge in [0, 0.05) is 11.4 Å². The quantitative estimate of drug-likeness (QED) is 0.887. The number of benzene rings is 1. The second kappa shape index (κ2) is 6.02. The number of nitrogens with one attached hydrogen (secondary N) is 1. The highest BCUT2D eigenvalue weighted by molar-refractivity contribution is 6.30. The summed E-state index contributed by atoms with van der Waals surface area (Å²) in [4.78, 5) is 11.3. The van der Waals surface area contributed by atoms with Crippen molar-refractivity contribution in [3.63, 3.8) is 0 Å². The van der Waals surface area contributed by atoms with Gasteiger partial charge in [0.05, 0.1) is 13.1 Å². The van der Waals surface area contributed by atoms with E-state index in [1.807, 2.05) is 0 Å². The molecule has 1 rings (SSSR count). The van der Waals surface area contributed by atoms with E-state index >= 15 is 0 Å². The maximum absolute atomic E-state index is 11.8.